The lowest BCUT2D eigenvalue weighted by molar-refractivity contribution is 0.310. The number of nitriles is 1. The number of benzene rings is 3. The molecule has 0 radical (unpaired) electrons. The first-order valence-corrected chi connectivity index (χ1v) is 13.5. The SMILES string of the molecule is CCOc1ccc(C2C(C#N)=C(N)OC3=C2S(=O)(=O)N(Cc2ccccc2C)c2ccccc23)cc1OC. The van der Waals surface area contributed by atoms with Gasteiger partial charge in [-0.25, -0.2) is 8.42 Å². The van der Waals surface area contributed by atoms with E-state index in [1.165, 1.54) is 11.4 Å². The van der Waals surface area contributed by atoms with E-state index >= 15 is 0 Å². The van der Waals surface area contributed by atoms with E-state index < -0.39 is 15.9 Å². The first-order chi connectivity index (χ1) is 18.3. The van der Waals surface area contributed by atoms with Gasteiger partial charge in [-0.3, -0.25) is 4.31 Å². The van der Waals surface area contributed by atoms with Crippen molar-refractivity contribution < 1.29 is 22.6 Å². The zero-order valence-electron chi connectivity index (χ0n) is 21.3. The number of hydrogen-bond acceptors (Lipinski definition) is 7. The molecule has 0 amide bonds. The van der Waals surface area contributed by atoms with Crippen molar-refractivity contribution in [3.8, 4) is 17.6 Å². The Morgan fingerprint density at radius 3 is 2.53 bits per heavy atom. The van der Waals surface area contributed by atoms with Crippen LogP contribution in [-0.2, 0) is 21.3 Å². The molecule has 38 heavy (non-hydrogen) atoms. The topological polar surface area (TPSA) is 115 Å². The third-order valence-corrected chi connectivity index (χ3v) is 8.64. The Morgan fingerprint density at radius 2 is 1.82 bits per heavy atom. The van der Waals surface area contributed by atoms with E-state index in [9.17, 15) is 13.7 Å². The predicted octanol–water partition coefficient (Wildman–Crippen LogP) is 4.93. The summed E-state index contributed by atoms with van der Waals surface area (Å²) in [5.41, 5.74) is 9.64. The van der Waals surface area contributed by atoms with Crippen molar-refractivity contribution in [3.05, 3.63) is 105 Å². The van der Waals surface area contributed by atoms with Crippen LogP contribution in [0.15, 0.2) is 83.1 Å². The minimum atomic E-state index is -4.18. The number of nitrogens with zero attached hydrogens (tertiary/aromatic N) is 2. The molecule has 1 unspecified atom stereocenters. The molecule has 0 aromatic heterocycles. The number of fused-ring (bicyclic) bond motifs is 2. The summed E-state index contributed by atoms with van der Waals surface area (Å²) in [5, 5.41) is 10.1. The zero-order chi connectivity index (χ0) is 27.0. The van der Waals surface area contributed by atoms with E-state index in [1.54, 1.807) is 36.4 Å². The van der Waals surface area contributed by atoms with Crippen molar-refractivity contribution in [3.63, 3.8) is 0 Å². The Balaban J connectivity index is 1.75. The molecular weight excluding hydrogens is 502 g/mol. The lowest BCUT2D eigenvalue weighted by atomic mass is 9.88. The second-order valence-corrected chi connectivity index (χ2v) is 10.7. The number of para-hydroxylation sites is 1. The summed E-state index contributed by atoms with van der Waals surface area (Å²) in [6.07, 6.45) is 0. The molecular formula is C29H27N3O5S. The number of aryl methyl sites for hydroxylation is 1. The van der Waals surface area contributed by atoms with Crippen molar-refractivity contribution in [2.45, 2.75) is 26.3 Å². The molecule has 8 nitrogen and oxygen atoms in total. The average molecular weight is 530 g/mol. The van der Waals surface area contributed by atoms with Crippen molar-refractivity contribution in [1.82, 2.24) is 0 Å². The largest absolute Gasteiger partial charge is 0.493 e. The van der Waals surface area contributed by atoms with E-state index in [2.05, 4.69) is 6.07 Å². The molecule has 9 heteroatoms. The smallest absolute Gasteiger partial charge is 0.265 e. The van der Waals surface area contributed by atoms with Crippen LogP contribution in [0.1, 0.15) is 35.1 Å². The number of rotatable bonds is 6. The van der Waals surface area contributed by atoms with Gasteiger partial charge in [-0.2, -0.15) is 5.26 Å². The predicted molar refractivity (Wildman–Crippen MR) is 144 cm³/mol. The molecule has 0 saturated heterocycles. The molecule has 0 aliphatic carbocycles. The highest BCUT2D eigenvalue weighted by molar-refractivity contribution is 7.96. The normalized spacial score (nSPS) is 17.7. The van der Waals surface area contributed by atoms with Gasteiger partial charge in [0.05, 0.1) is 31.9 Å². The highest BCUT2D eigenvalue weighted by Gasteiger charge is 2.47. The van der Waals surface area contributed by atoms with E-state index in [4.69, 9.17) is 19.9 Å². The molecule has 0 bridgehead atoms. The van der Waals surface area contributed by atoms with Crippen LogP contribution < -0.4 is 19.5 Å². The van der Waals surface area contributed by atoms with E-state index in [0.29, 0.717) is 34.9 Å². The van der Waals surface area contributed by atoms with Crippen molar-refractivity contribution in [2.24, 2.45) is 5.73 Å². The van der Waals surface area contributed by atoms with E-state index in [1.807, 2.05) is 44.2 Å². The average Bonchev–Trinajstić information content (AvgIpc) is 2.91. The first-order valence-electron chi connectivity index (χ1n) is 12.1. The molecule has 3 aromatic rings. The van der Waals surface area contributed by atoms with Crippen LogP contribution in [0.3, 0.4) is 0 Å². The van der Waals surface area contributed by atoms with Crippen LogP contribution >= 0.6 is 0 Å². The van der Waals surface area contributed by atoms with Gasteiger partial charge in [0.25, 0.3) is 10.0 Å². The van der Waals surface area contributed by atoms with E-state index in [-0.39, 0.29) is 28.7 Å². The quantitative estimate of drug-likeness (QED) is 0.481. The van der Waals surface area contributed by atoms with Crippen LogP contribution in [-0.4, -0.2) is 22.1 Å². The standard InChI is InChI=1S/C29H27N3O5S/c1-4-36-24-14-13-19(15-25(24)35-3)26-22(16-30)29(31)37-27-21-11-7-8-12-23(21)32(38(33,34)28(26)27)17-20-10-6-5-9-18(20)2/h5-15,26H,4,17,31H2,1-3H3. The Bertz CT molecular complexity index is 1640. The van der Waals surface area contributed by atoms with Gasteiger partial charge >= 0.3 is 0 Å². The fourth-order valence-electron chi connectivity index (χ4n) is 4.89. The molecule has 2 N–H and O–H groups in total. The molecule has 5 rings (SSSR count). The van der Waals surface area contributed by atoms with Crippen LogP contribution in [0, 0.1) is 18.3 Å². The van der Waals surface area contributed by atoms with Crippen molar-refractivity contribution >= 4 is 21.5 Å². The molecule has 0 fully saturated rings. The Hall–Kier alpha value is -4.42. The summed E-state index contributed by atoms with van der Waals surface area (Å²) < 4.78 is 47.4. The molecule has 2 aliphatic heterocycles. The summed E-state index contributed by atoms with van der Waals surface area (Å²) in [6, 6.07) is 22.0. The van der Waals surface area contributed by atoms with Gasteiger partial charge in [-0.05, 0) is 54.8 Å². The Labute approximate surface area is 222 Å². The third-order valence-electron chi connectivity index (χ3n) is 6.75. The number of anilines is 1. The molecule has 194 valence electrons. The lowest BCUT2D eigenvalue weighted by Gasteiger charge is -2.38. The second-order valence-electron chi connectivity index (χ2n) is 8.92. The van der Waals surface area contributed by atoms with Gasteiger partial charge in [0, 0.05) is 5.56 Å². The molecule has 0 spiro atoms. The highest BCUT2D eigenvalue weighted by Crippen LogP contribution is 2.52. The maximum atomic E-state index is 14.5. The Morgan fingerprint density at radius 1 is 1.08 bits per heavy atom. The Kier molecular flexibility index (Phi) is 6.51. The van der Waals surface area contributed by atoms with Crippen molar-refractivity contribution in [2.75, 3.05) is 18.0 Å². The number of sulfonamides is 1. The summed E-state index contributed by atoms with van der Waals surface area (Å²) in [5.74, 6) is -0.101. The van der Waals surface area contributed by atoms with Gasteiger partial charge in [-0.15, -0.1) is 0 Å². The minimum Gasteiger partial charge on any atom is -0.493 e. The third kappa shape index (κ3) is 4.03. The van der Waals surface area contributed by atoms with Crippen LogP contribution in [0.25, 0.3) is 5.76 Å². The van der Waals surface area contributed by atoms with Crippen LogP contribution in [0.2, 0.25) is 0 Å². The number of allylic oxidation sites excluding steroid dienone is 2. The summed E-state index contributed by atoms with van der Waals surface area (Å²) in [4.78, 5) is -0.0400. The fraction of sp³-hybridized carbons (Fsp3) is 0.207. The van der Waals surface area contributed by atoms with Crippen LogP contribution in [0.4, 0.5) is 5.69 Å². The maximum Gasteiger partial charge on any atom is 0.265 e. The number of methoxy groups -OCH3 is 1. The number of ether oxygens (including phenoxy) is 3. The van der Waals surface area contributed by atoms with Crippen LogP contribution in [0.5, 0.6) is 11.5 Å². The van der Waals surface area contributed by atoms with Gasteiger partial charge in [0.2, 0.25) is 5.88 Å². The summed E-state index contributed by atoms with van der Waals surface area (Å²) in [7, 11) is -2.68. The summed E-state index contributed by atoms with van der Waals surface area (Å²) in [6.45, 7) is 4.34. The minimum absolute atomic E-state index is 0.00811. The fourth-order valence-corrected chi connectivity index (χ4v) is 6.80. The van der Waals surface area contributed by atoms with Gasteiger partial charge in [0.15, 0.2) is 17.3 Å². The zero-order valence-corrected chi connectivity index (χ0v) is 22.1. The number of nitrogens with two attached hydrogens (primary N) is 1. The number of hydrogen-bond donors (Lipinski definition) is 1. The first kappa shape index (κ1) is 25.2. The molecule has 2 heterocycles. The second kappa shape index (κ2) is 9.80. The molecule has 0 saturated carbocycles. The molecule has 1 atom stereocenters. The maximum absolute atomic E-state index is 14.5. The van der Waals surface area contributed by atoms with Gasteiger partial charge < -0.3 is 19.9 Å². The summed E-state index contributed by atoms with van der Waals surface area (Å²) >= 11 is 0. The monoisotopic (exact) mass is 529 g/mol. The van der Waals surface area contributed by atoms with Gasteiger partial charge in [-0.1, -0.05) is 42.5 Å². The van der Waals surface area contributed by atoms with Crippen molar-refractivity contribution in [1.29, 1.82) is 5.26 Å². The lowest BCUT2D eigenvalue weighted by Crippen LogP contribution is -2.39. The molecule has 2 aliphatic rings. The highest BCUT2D eigenvalue weighted by atomic mass is 32.2. The van der Waals surface area contributed by atoms with Gasteiger partial charge in [0.1, 0.15) is 16.5 Å². The molecule has 3 aromatic carbocycles. The van der Waals surface area contributed by atoms with E-state index in [0.717, 1.165) is 11.1 Å².